The summed E-state index contributed by atoms with van der Waals surface area (Å²) >= 11 is 0. The highest BCUT2D eigenvalue weighted by Gasteiger charge is 2.61. The summed E-state index contributed by atoms with van der Waals surface area (Å²) in [5.41, 5.74) is 1.52. The molecule has 2 aromatic rings. The molecule has 0 bridgehead atoms. The van der Waals surface area contributed by atoms with Crippen molar-refractivity contribution in [3.05, 3.63) is 71.8 Å². The summed E-state index contributed by atoms with van der Waals surface area (Å²) < 4.78 is 17.1. The van der Waals surface area contributed by atoms with Crippen LogP contribution in [0.3, 0.4) is 0 Å². The third-order valence-electron chi connectivity index (χ3n) is 6.02. The van der Waals surface area contributed by atoms with Crippen LogP contribution in [0.1, 0.15) is 22.3 Å². The van der Waals surface area contributed by atoms with Crippen molar-refractivity contribution in [1.29, 1.82) is 0 Å². The van der Waals surface area contributed by atoms with Gasteiger partial charge in [0.2, 0.25) is 5.79 Å². The Morgan fingerprint density at radius 2 is 1.60 bits per heavy atom. The lowest BCUT2D eigenvalue weighted by molar-refractivity contribution is -0.218. The quantitative estimate of drug-likeness (QED) is 0.709. The van der Waals surface area contributed by atoms with E-state index in [1.807, 2.05) is 48.5 Å². The van der Waals surface area contributed by atoms with Gasteiger partial charge >= 0.3 is 6.09 Å². The van der Waals surface area contributed by atoms with E-state index in [9.17, 15) is 9.59 Å². The molecule has 2 saturated heterocycles. The SMILES string of the molecule is COC1(OC)CN(C(=O)c2ccccc2)C2CCN(C(=O)OCc3ccccc3)C21. The van der Waals surface area contributed by atoms with Gasteiger partial charge in [-0.15, -0.1) is 0 Å². The molecule has 2 aromatic carbocycles. The normalized spacial score (nSPS) is 22.1. The largest absolute Gasteiger partial charge is 0.445 e. The van der Waals surface area contributed by atoms with E-state index in [0.29, 0.717) is 18.5 Å². The van der Waals surface area contributed by atoms with Crippen LogP contribution >= 0.6 is 0 Å². The molecule has 0 spiro atoms. The maximum Gasteiger partial charge on any atom is 0.410 e. The molecule has 2 aliphatic rings. The van der Waals surface area contributed by atoms with Crippen LogP contribution in [0, 0.1) is 0 Å². The van der Waals surface area contributed by atoms with E-state index in [1.54, 1.807) is 36.2 Å². The van der Waals surface area contributed by atoms with Crippen LogP contribution in [-0.2, 0) is 20.8 Å². The van der Waals surface area contributed by atoms with Crippen LogP contribution in [0.4, 0.5) is 4.79 Å². The third-order valence-corrected chi connectivity index (χ3v) is 6.02. The van der Waals surface area contributed by atoms with Gasteiger partial charge in [0.05, 0.1) is 12.6 Å². The van der Waals surface area contributed by atoms with Crippen molar-refractivity contribution in [2.75, 3.05) is 27.3 Å². The number of fused-ring (bicyclic) bond motifs is 1. The number of benzene rings is 2. The minimum Gasteiger partial charge on any atom is -0.445 e. The molecule has 7 heteroatoms. The molecular formula is C23H26N2O5. The first-order valence-corrected chi connectivity index (χ1v) is 10.0. The maximum absolute atomic E-state index is 13.2. The van der Waals surface area contributed by atoms with Gasteiger partial charge in [-0.25, -0.2) is 4.79 Å². The number of hydrogen-bond acceptors (Lipinski definition) is 5. The van der Waals surface area contributed by atoms with Crippen molar-refractivity contribution in [3.8, 4) is 0 Å². The van der Waals surface area contributed by atoms with Gasteiger partial charge in [-0.1, -0.05) is 48.5 Å². The van der Waals surface area contributed by atoms with Crippen LogP contribution < -0.4 is 0 Å². The van der Waals surface area contributed by atoms with Crippen molar-refractivity contribution in [3.63, 3.8) is 0 Å². The summed E-state index contributed by atoms with van der Waals surface area (Å²) in [6.07, 6.45) is 0.205. The third kappa shape index (κ3) is 3.55. The predicted molar refractivity (Wildman–Crippen MR) is 110 cm³/mol. The monoisotopic (exact) mass is 410 g/mol. The molecule has 158 valence electrons. The smallest absolute Gasteiger partial charge is 0.410 e. The van der Waals surface area contributed by atoms with Gasteiger partial charge in [-0.3, -0.25) is 9.69 Å². The predicted octanol–water partition coefficient (Wildman–Crippen LogP) is 2.91. The number of hydrogen-bond donors (Lipinski definition) is 0. The Bertz CT molecular complexity index is 885. The first-order valence-electron chi connectivity index (χ1n) is 10.0. The fourth-order valence-electron chi connectivity index (χ4n) is 4.51. The van der Waals surface area contributed by atoms with E-state index < -0.39 is 17.9 Å². The summed E-state index contributed by atoms with van der Waals surface area (Å²) in [7, 11) is 3.09. The number of carbonyl (C=O) groups is 2. The summed E-state index contributed by atoms with van der Waals surface area (Å²) in [6, 6.07) is 18.0. The molecule has 0 N–H and O–H groups in total. The number of likely N-dealkylation sites (tertiary alicyclic amines) is 2. The van der Waals surface area contributed by atoms with E-state index in [1.165, 1.54) is 0 Å². The topological polar surface area (TPSA) is 68.3 Å². The minimum absolute atomic E-state index is 0.0962. The Kier molecular flexibility index (Phi) is 5.74. The fourth-order valence-corrected chi connectivity index (χ4v) is 4.51. The Hall–Kier alpha value is -2.90. The molecule has 2 fully saturated rings. The lowest BCUT2D eigenvalue weighted by Crippen LogP contribution is -2.55. The van der Waals surface area contributed by atoms with Crippen LogP contribution in [0.25, 0.3) is 0 Å². The Morgan fingerprint density at radius 1 is 0.967 bits per heavy atom. The van der Waals surface area contributed by atoms with Gasteiger partial charge in [-0.2, -0.15) is 0 Å². The van der Waals surface area contributed by atoms with Gasteiger partial charge in [0.1, 0.15) is 12.6 Å². The summed E-state index contributed by atoms with van der Waals surface area (Å²) in [5, 5.41) is 0. The van der Waals surface area contributed by atoms with Crippen LogP contribution in [0.5, 0.6) is 0 Å². The van der Waals surface area contributed by atoms with Gasteiger partial charge in [0.25, 0.3) is 5.91 Å². The number of methoxy groups -OCH3 is 2. The van der Waals surface area contributed by atoms with Gasteiger partial charge in [0, 0.05) is 26.3 Å². The molecule has 30 heavy (non-hydrogen) atoms. The van der Waals surface area contributed by atoms with E-state index in [2.05, 4.69) is 0 Å². The van der Waals surface area contributed by atoms with Crippen molar-refractivity contribution < 1.29 is 23.8 Å². The molecular weight excluding hydrogens is 384 g/mol. The molecule has 0 aliphatic carbocycles. The highest BCUT2D eigenvalue weighted by molar-refractivity contribution is 5.95. The average molecular weight is 410 g/mol. The van der Waals surface area contributed by atoms with E-state index >= 15 is 0 Å². The van der Waals surface area contributed by atoms with Gasteiger partial charge < -0.3 is 19.1 Å². The van der Waals surface area contributed by atoms with Gasteiger partial charge in [-0.05, 0) is 24.1 Å². The number of rotatable bonds is 5. The first-order chi connectivity index (χ1) is 14.6. The second-order valence-electron chi connectivity index (χ2n) is 7.55. The molecule has 0 aromatic heterocycles. The molecule has 2 heterocycles. The summed E-state index contributed by atoms with van der Waals surface area (Å²) in [4.78, 5) is 29.5. The molecule has 0 radical (unpaired) electrons. The molecule has 2 atom stereocenters. The van der Waals surface area contributed by atoms with Crippen LogP contribution in [0.15, 0.2) is 60.7 Å². The van der Waals surface area contributed by atoms with E-state index in [4.69, 9.17) is 14.2 Å². The Labute approximate surface area is 176 Å². The van der Waals surface area contributed by atoms with Gasteiger partial charge in [0.15, 0.2) is 0 Å². The number of nitrogens with zero attached hydrogens (tertiary/aromatic N) is 2. The zero-order chi connectivity index (χ0) is 21.1. The number of amides is 2. The van der Waals surface area contributed by atoms with Crippen molar-refractivity contribution in [1.82, 2.24) is 9.80 Å². The number of ether oxygens (including phenoxy) is 3. The van der Waals surface area contributed by atoms with Crippen molar-refractivity contribution in [2.24, 2.45) is 0 Å². The zero-order valence-electron chi connectivity index (χ0n) is 17.2. The molecule has 2 unspecified atom stereocenters. The summed E-state index contributed by atoms with van der Waals surface area (Å²) in [5.74, 6) is -1.20. The van der Waals surface area contributed by atoms with E-state index in [0.717, 1.165) is 5.56 Å². The van der Waals surface area contributed by atoms with Crippen molar-refractivity contribution >= 4 is 12.0 Å². The second-order valence-corrected chi connectivity index (χ2v) is 7.55. The lowest BCUT2D eigenvalue weighted by atomic mass is 10.1. The Morgan fingerprint density at radius 3 is 2.23 bits per heavy atom. The van der Waals surface area contributed by atoms with E-state index in [-0.39, 0.29) is 25.1 Å². The first kappa shape index (κ1) is 20.4. The minimum atomic E-state index is -1.10. The summed E-state index contributed by atoms with van der Waals surface area (Å²) in [6.45, 7) is 0.898. The number of carbonyl (C=O) groups excluding carboxylic acids is 2. The van der Waals surface area contributed by atoms with Crippen LogP contribution in [-0.4, -0.2) is 67.0 Å². The van der Waals surface area contributed by atoms with Crippen LogP contribution in [0.2, 0.25) is 0 Å². The van der Waals surface area contributed by atoms with Crippen molar-refractivity contribution in [2.45, 2.75) is 30.9 Å². The second kappa shape index (κ2) is 8.45. The highest BCUT2D eigenvalue weighted by Crippen LogP contribution is 2.41. The maximum atomic E-state index is 13.2. The Balaban J connectivity index is 1.55. The fraction of sp³-hybridized carbons (Fsp3) is 0.391. The zero-order valence-corrected chi connectivity index (χ0v) is 17.2. The average Bonchev–Trinajstić information content (AvgIpc) is 3.38. The molecule has 2 amide bonds. The molecule has 2 aliphatic heterocycles. The molecule has 4 rings (SSSR count). The molecule has 0 saturated carbocycles. The lowest BCUT2D eigenvalue weighted by Gasteiger charge is -2.35. The standard InChI is InChI=1S/C23H26N2O5/c1-28-23(29-2)16-25(21(26)18-11-7-4-8-12-18)19-13-14-24(20(19)23)22(27)30-15-17-9-5-3-6-10-17/h3-12,19-20H,13-16H2,1-2H3. The molecule has 7 nitrogen and oxygen atoms in total. The highest BCUT2D eigenvalue weighted by atomic mass is 16.7.